The van der Waals surface area contributed by atoms with Crippen molar-refractivity contribution in [3.8, 4) is 5.75 Å². The Labute approximate surface area is 122 Å². The number of hydrogen-bond acceptors (Lipinski definition) is 4. The molecule has 0 saturated carbocycles. The highest BCUT2D eigenvalue weighted by atomic mass is 16.5. The van der Waals surface area contributed by atoms with E-state index >= 15 is 0 Å². The first-order chi connectivity index (χ1) is 9.78. The Hall–Kier alpha value is -1.13. The molecule has 1 saturated heterocycles. The minimum atomic E-state index is 0.203. The van der Waals surface area contributed by atoms with E-state index in [0.717, 1.165) is 43.9 Å². The molecular weight excluding hydrogens is 250 g/mol. The molecule has 20 heavy (non-hydrogen) atoms. The van der Waals surface area contributed by atoms with Crippen molar-refractivity contribution in [1.29, 1.82) is 0 Å². The first-order valence-electron chi connectivity index (χ1n) is 7.83. The van der Waals surface area contributed by atoms with E-state index in [9.17, 15) is 0 Å². The minimum Gasteiger partial charge on any atom is -0.492 e. The molecule has 0 bridgehead atoms. The largest absolute Gasteiger partial charge is 0.492 e. The lowest BCUT2D eigenvalue weighted by Crippen LogP contribution is -2.22. The first-order valence-corrected chi connectivity index (χ1v) is 7.83. The maximum atomic E-state index is 5.93. The topological polar surface area (TPSA) is 51.4 Å². The number of likely N-dealkylation sites (tertiary alicyclic amines) is 1. The summed E-state index contributed by atoms with van der Waals surface area (Å²) in [5, 5.41) is 0. The van der Waals surface area contributed by atoms with Crippen LogP contribution in [0.3, 0.4) is 0 Å². The zero-order valence-corrected chi connectivity index (χ0v) is 12.6. The molecule has 2 N–H and O–H groups in total. The minimum absolute atomic E-state index is 0.203. The monoisotopic (exact) mass is 277 g/mol. The summed E-state index contributed by atoms with van der Waals surface area (Å²) in [7, 11) is 0. The molecule has 1 aromatic rings. The van der Waals surface area contributed by atoms with Gasteiger partial charge in [0.25, 0.3) is 0 Å². The summed E-state index contributed by atoms with van der Waals surface area (Å²) in [6, 6.07) is 4.22. The van der Waals surface area contributed by atoms with Crippen LogP contribution in [-0.2, 0) is 6.42 Å². The van der Waals surface area contributed by atoms with Gasteiger partial charge >= 0.3 is 0 Å². The second kappa shape index (κ2) is 8.22. The van der Waals surface area contributed by atoms with Crippen LogP contribution >= 0.6 is 0 Å². The molecule has 112 valence electrons. The van der Waals surface area contributed by atoms with Crippen LogP contribution in [0.4, 0.5) is 0 Å². The molecule has 1 aliphatic rings. The highest BCUT2D eigenvalue weighted by Crippen LogP contribution is 2.12. The fraction of sp³-hybridized carbons (Fsp3) is 0.688. The van der Waals surface area contributed by atoms with Crippen LogP contribution in [0, 0.1) is 0 Å². The predicted octanol–water partition coefficient (Wildman–Crippen LogP) is 2.23. The van der Waals surface area contributed by atoms with Gasteiger partial charge in [0.2, 0.25) is 0 Å². The van der Waals surface area contributed by atoms with Gasteiger partial charge in [0.05, 0.1) is 12.8 Å². The number of ether oxygens (including phenoxy) is 1. The zero-order chi connectivity index (χ0) is 14.2. The van der Waals surface area contributed by atoms with Crippen LogP contribution in [-0.4, -0.2) is 42.2 Å². The number of rotatable bonds is 8. The quantitative estimate of drug-likeness (QED) is 0.740. The van der Waals surface area contributed by atoms with Crippen LogP contribution in [0.25, 0.3) is 0 Å². The maximum Gasteiger partial charge on any atom is 0.137 e. The van der Waals surface area contributed by atoms with Gasteiger partial charge < -0.3 is 15.4 Å². The Morgan fingerprint density at radius 1 is 1.35 bits per heavy atom. The molecule has 1 aromatic heterocycles. The molecular formula is C16H27N3O. The number of nitrogens with two attached hydrogens (primary N) is 1. The Balaban J connectivity index is 1.65. The predicted molar refractivity (Wildman–Crippen MR) is 82.0 cm³/mol. The third kappa shape index (κ3) is 5.10. The Kier molecular flexibility index (Phi) is 6.27. The van der Waals surface area contributed by atoms with E-state index < -0.39 is 0 Å². The Morgan fingerprint density at radius 2 is 2.15 bits per heavy atom. The molecule has 0 aromatic carbocycles. The van der Waals surface area contributed by atoms with Crippen molar-refractivity contribution in [3.05, 3.63) is 24.0 Å². The summed E-state index contributed by atoms with van der Waals surface area (Å²) in [6.07, 6.45) is 7.43. The van der Waals surface area contributed by atoms with E-state index in [4.69, 9.17) is 10.5 Å². The smallest absolute Gasteiger partial charge is 0.137 e. The second-order valence-corrected chi connectivity index (χ2v) is 5.61. The van der Waals surface area contributed by atoms with E-state index in [0.29, 0.717) is 0 Å². The van der Waals surface area contributed by atoms with Gasteiger partial charge in [-0.05, 0) is 50.9 Å². The van der Waals surface area contributed by atoms with Crippen LogP contribution in [0.5, 0.6) is 5.75 Å². The van der Waals surface area contributed by atoms with Crippen molar-refractivity contribution in [1.82, 2.24) is 9.88 Å². The normalized spacial score (nSPS) is 17.3. The fourth-order valence-corrected chi connectivity index (χ4v) is 2.51. The van der Waals surface area contributed by atoms with Crippen molar-refractivity contribution < 1.29 is 4.74 Å². The average Bonchev–Trinajstić information content (AvgIpc) is 2.98. The highest BCUT2D eigenvalue weighted by Gasteiger charge is 2.10. The van der Waals surface area contributed by atoms with Gasteiger partial charge in [-0.3, -0.25) is 4.98 Å². The summed E-state index contributed by atoms with van der Waals surface area (Å²) < 4.78 is 5.73. The van der Waals surface area contributed by atoms with E-state index in [1.54, 1.807) is 0 Å². The lowest BCUT2D eigenvalue weighted by atomic mass is 10.1. The van der Waals surface area contributed by atoms with Gasteiger partial charge in [-0.15, -0.1) is 0 Å². The Bertz CT molecular complexity index is 374. The molecule has 0 spiro atoms. The van der Waals surface area contributed by atoms with E-state index in [1.807, 2.05) is 18.3 Å². The van der Waals surface area contributed by atoms with Gasteiger partial charge in [0.1, 0.15) is 5.75 Å². The SMILES string of the molecule is CCC(N)Cc1ccc(OCCCN2CCCC2)cn1. The molecule has 0 radical (unpaired) electrons. The third-order valence-electron chi connectivity index (χ3n) is 3.88. The molecule has 1 fully saturated rings. The van der Waals surface area contributed by atoms with Crippen LogP contribution in [0.15, 0.2) is 18.3 Å². The maximum absolute atomic E-state index is 5.93. The number of hydrogen-bond donors (Lipinski definition) is 1. The van der Waals surface area contributed by atoms with Gasteiger partial charge in [-0.25, -0.2) is 0 Å². The van der Waals surface area contributed by atoms with Gasteiger partial charge in [-0.1, -0.05) is 6.92 Å². The molecule has 4 nitrogen and oxygen atoms in total. The second-order valence-electron chi connectivity index (χ2n) is 5.61. The first kappa shape index (κ1) is 15.3. The molecule has 0 amide bonds. The van der Waals surface area contributed by atoms with Crippen molar-refractivity contribution >= 4 is 0 Å². The molecule has 2 rings (SSSR count). The summed E-state index contributed by atoms with van der Waals surface area (Å²) >= 11 is 0. The molecule has 0 aliphatic carbocycles. The van der Waals surface area contributed by atoms with E-state index in [-0.39, 0.29) is 6.04 Å². The van der Waals surface area contributed by atoms with Gasteiger partial charge in [0, 0.05) is 24.7 Å². The summed E-state index contributed by atoms with van der Waals surface area (Å²) in [5.74, 6) is 0.861. The molecule has 4 heteroatoms. The summed E-state index contributed by atoms with van der Waals surface area (Å²) in [4.78, 5) is 6.92. The number of aromatic nitrogens is 1. The van der Waals surface area contributed by atoms with Crippen LogP contribution in [0.1, 0.15) is 38.3 Å². The standard InChI is InChI=1S/C16H27N3O/c1-2-14(17)12-15-6-7-16(13-18-15)20-11-5-10-19-8-3-4-9-19/h6-7,13-14H,2-5,8-12,17H2,1H3. The van der Waals surface area contributed by atoms with E-state index in [1.165, 1.54) is 25.9 Å². The van der Waals surface area contributed by atoms with Crippen LogP contribution in [0.2, 0.25) is 0 Å². The van der Waals surface area contributed by atoms with Crippen molar-refractivity contribution in [2.45, 2.75) is 45.1 Å². The molecule has 1 atom stereocenters. The van der Waals surface area contributed by atoms with Crippen molar-refractivity contribution in [3.63, 3.8) is 0 Å². The molecule has 1 unspecified atom stereocenters. The lowest BCUT2D eigenvalue weighted by molar-refractivity contribution is 0.262. The fourth-order valence-electron chi connectivity index (χ4n) is 2.51. The van der Waals surface area contributed by atoms with Crippen molar-refractivity contribution in [2.24, 2.45) is 5.73 Å². The zero-order valence-electron chi connectivity index (χ0n) is 12.6. The van der Waals surface area contributed by atoms with Crippen molar-refractivity contribution in [2.75, 3.05) is 26.2 Å². The third-order valence-corrected chi connectivity index (χ3v) is 3.88. The average molecular weight is 277 g/mol. The summed E-state index contributed by atoms with van der Waals surface area (Å²) in [6.45, 7) is 6.53. The number of pyridine rings is 1. The van der Waals surface area contributed by atoms with Gasteiger partial charge in [-0.2, -0.15) is 0 Å². The molecule has 1 aliphatic heterocycles. The summed E-state index contributed by atoms with van der Waals surface area (Å²) in [5.41, 5.74) is 6.97. The molecule has 2 heterocycles. The lowest BCUT2D eigenvalue weighted by Gasteiger charge is -2.14. The van der Waals surface area contributed by atoms with Crippen LogP contribution < -0.4 is 10.5 Å². The highest BCUT2D eigenvalue weighted by molar-refractivity contribution is 5.20. The van der Waals surface area contributed by atoms with Gasteiger partial charge in [0.15, 0.2) is 0 Å². The Morgan fingerprint density at radius 3 is 2.80 bits per heavy atom. The number of nitrogens with zero attached hydrogens (tertiary/aromatic N) is 2. The van der Waals surface area contributed by atoms with E-state index in [2.05, 4.69) is 16.8 Å².